The van der Waals surface area contributed by atoms with E-state index in [0.29, 0.717) is 13.0 Å². The van der Waals surface area contributed by atoms with Crippen molar-refractivity contribution in [2.24, 2.45) is 0 Å². The molecule has 4 aromatic carbocycles. The predicted octanol–water partition coefficient (Wildman–Crippen LogP) is 15.9. The van der Waals surface area contributed by atoms with Crippen molar-refractivity contribution >= 4 is 50.4 Å². The first-order chi connectivity index (χ1) is 30.1. The van der Waals surface area contributed by atoms with Crippen molar-refractivity contribution in [2.45, 2.75) is 58.3 Å². The number of nitrogens with one attached hydrogen (secondary N) is 1. The summed E-state index contributed by atoms with van der Waals surface area (Å²) in [5.41, 5.74) is 18.1. The first-order valence-electron chi connectivity index (χ1n) is 21.2. The summed E-state index contributed by atoms with van der Waals surface area (Å²) < 4.78 is 2.40. The van der Waals surface area contributed by atoms with Gasteiger partial charge in [-0.05, 0) is 130 Å². The van der Waals surface area contributed by atoms with E-state index in [1.807, 2.05) is 39.8 Å². The van der Waals surface area contributed by atoms with Crippen molar-refractivity contribution in [3.8, 4) is 17.2 Å². The van der Waals surface area contributed by atoms with E-state index < -0.39 is 0 Å². The number of hydrogen-bond donors (Lipinski definition) is 1. The summed E-state index contributed by atoms with van der Waals surface area (Å²) in [7, 11) is 0. The van der Waals surface area contributed by atoms with Gasteiger partial charge in [-0.1, -0.05) is 144 Å². The monoisotopic (exact) mass is 815 g/mol. The molecular formula is C57H57N3S. The number of aromatic nitrogens is 1. The molecule has 4 heteroatoms. The molecule has 0 radical (unpaired) electrons. The number of benzene rings is 4. The molecule has 3 aliphatic rings. The highest BCUT2D eigenvalue weighted by Gasteiger charge is 2.17. The van der Waals surface area contributed by atoms with Crippen LogP contribution < -0.4 is 5.32 Å². The SMILES string of the molecule is C=C.C=C/C(=C\CC#N)NC/C(=C\C(=C)C1=CC(c2cccc(-c3ccc4c(c3)c3ccccc3n4C3=CCCC=C3)c2)=C=C1)c1cccc2c1S/C=C\C=C/C2.CC.CC. The molecule has 1 aromatic heterocycles. The van der Waals surface area contributed by atoms with Crippen molar-refractivity contribution in [1.29, 1.82) is 5.26 Å². The fourth-order valence-electron chi connectivity index (χ4n) is 7.47. The molecule has 2 heterocycles. The molecule has 2 aliphatic carbocycles. The van der Waals surface area contributed by atoms with Gasteiger partial charge in [0, 0.05) is 39.2 Å². The van der Waals surface area contributed by atoms with Crippen molar-refractivity contribution in [2.75, 3.05) is 6.54 Å². The average Bonchev–Trinajstić information content (AvgIpc) is 3.95. The zero-order valence-corrected chi connectivity index (χ0v) is 37.0. The van der Waals surface area contributed by atoms with Gasteiger partial charge in [0.25, 0.3) is 0 Å². The second kappa shape index (κ2) is 23.1. The second-order valence-electron chi connectivity index (χ2n) is 13.7. The van der Waals surface area contributed by atoms with Crippen molar-refractivity contribution < 1.29 is 0 Å². The Kier molecular flexibility index (Phi) is 17.2. The Morgan fingerprint density at radius 3 is 2.43 bits per heavy atom. The van der Waals surface area contributed by atoms with Crippen LogP contribution in [-0.4, -0.2) is 11.1 Å². The number of hydrogen-bond acceptors (Lipinski definition) is 3. The third-order valence-electron chi connectivity index (χ3n) is 10.2. The van der Waals surface area contributed by atoms with Crippen LogP contribution in [0, 0.1) is 11.3 Å². The lowest BCUT2D eigenvalue weighted by Crippen LogP contribution is -2.15. The summed E-state index contributed by atoms with van der Waals surface area (Å²) in [6.45, 7) is 23.1. The van der Waals surface area contributed by atoms with Gasteiger partial charge in [0.2, 0.25) is 0 Å². The smallest absolute Gasteiger partial charge is 0.0664 e. The normalized spacial score (nSPS) is 15.0. The molecule has 8 rings (SSSR count). The van der Waals surface area contributed by atoms with E-state index in [1.165, 1.54) is 49.1 Å². The van der Waals surface area contributed by atoms with Crippen LogP contribution in [-0.2, 0) is 6.42 Å². The number of para-hydroxylation sites is 1. The molecule has 0 bridgehead atoms. The maximum atomic E-state index is 9.16. The van der Waals surface area contributed by atoms with E-state index >= 15 is 0 Å². The third-order valence-corrected chi connectivity index (χ3v) is 11.2. The highest BCUT2D eigenvalue weighted by molar-refractivity contribution is 8.02. The van der Waals surface area contributed by atoms with Gasteiger partial charge in [0.15, 0.2) is 0 Å². The van der Waals surface area contributed by atoms with Crippen LogP contribution in [0.25, 0.3) is 49.8 Å². The molecule has 0 amide bonds. The van der Waals surface area contributed by atoms with Gasteiger partial charge in [-0.3, -0.25) is 0 Å². The molecule has 5 aromatic rings. The third kappa shape index (κ3) is 10.7. The van der Waals surface area contributed by atoms with Gasteiger partial charge in [-0.25, -0.2) is 0 Å². The van der Waals surface area contributed by atoms with E-state index in [0.717, 1.165) is 58.4 Å². The zero-order valence-electron chi connectivity index (χ0n) is 36.2. The number of allylic oxidation sites excluding steroid dienone is 14. The van der Waals surface area contributed by atoms with Gasteiger partial charge in [-0.2, -0.15) is 5.26 Å². The molecule has 0 saturated carbocycles. The number of fused-ring (bicyclic) bond motifs is 4. The molecule has 306 valence electrons. The summed E-state index contributed by atoms with van der Waals surface area (Å²) in [5, 5.41) is 17.3. The number of nitrogens with zero attached hydrogens (tertiary/aromatic N) is 2. The van der Waals surface area contributed by atoms with E-state index in [4.69, 9.17) is 5.26 Å². The van der Waals surface area contributed by atoms with Crippen molar-refractivity contribution in [3.63, 3.8) is 0 Å². The highest BCUT2D eigenvalue weighted by Crippen LogP contribution is 2.38. The summed E-state index contributed by atoms with van der Waals surface area (Å²) in [5.74, 6) is 0. The van der Waals surface area contributed by atoms with Crippen LogP contribution in [0.1, 0.15) is 63.6 Å². The fraction of sp³-hybridized carbons (Fsp3) is 0.158. The minimum atomic E-state index is 0.316. The summed E-state index contributed by atoms with van der Waals surface area (Å²) >= 11 is 1.74. The Balaban J connectivity index is 0.00000112. The molecule has 61 heavy (non-hydrogen) atoms. The Hall–Kier alpha value is -6.76. The lowest BCUT2D eigenvalue weighted by atomic mass is 9.96. The van der Waals surface area contributed by atoms with Crippen molar-refractivity contribution in [1.82, 2.24) is 9.88 Å². The molecule has 0 unspecified atom stereocenters. The van der Waals surface area contributed by atoms with Crippen molar-refractivity contribution in [3.05, 3.63) is 223 Å². The minimum Gasteiger partial charge on any atom is -0.381 e. The number of rotatable bonds is 11. The van der Waals surface area contributed by atoms with Crippen LogP contribution in [0.2, 0.25) is 0 Å². The molecule has 0 saturated heterocycles. The lowest BCUT2D eigenvalue weighted by molar-refractivity contribution is 0.935. The molecular weight excluding hydrogens is 759 g/mol. The second-order valence-corrected chi connectivity index (χ2v) is 14.6. The Bertz CT molecular complexity index is 2720. The van der Waals surface area contributed by atoms with Gasteiger partial charge < -0.3 is 9.88 Å². The molecule has 1 aliphatic heterocycles. The van der Waals surface area contributed by atoms with E-state index in [9.17, 15) is 0 Å². The zero-order chi connectivity index (χ0) is 43.6. The predicted molar refractivity (Wildman–Crippen MR) is 269 cm³/mol. The summed E-state index contributed by atoms with van der Waals surface area (Å²) in [4.78, 5) is 1.24. The van der Waals surface area contributed by atoms with E-state index in [-0.39, 0.29) is 0 Å². The largest absolute Gasteiger partial charge is 0.381 e. The maximum Gasteiger partial charge on any atom is 0.0664 e. The van der Waals surface area contributed by atoms with Gasteiger partial charge in [0.05, 0.1) is 23.5 Å². The highest BCUT2D eigenvalue weighted by atomic mass is 32.2. The van der Waals surface area contributed by atoms with Crippen LogP contribution in [0.5, 0.6) is 0 Å². The van der Waals surface area contributed by atoms with Crippen LogP contribution in [0.3, 0.4) is 0 Å². The first-order valence-corrected chi connectivity index (χ1v) is 22.1. The maximum absolute atomic E-state index is 9.16. The topological polar surface area (TPSA) is 40.8 Å². The average molecular weight is 816 g/mol. The number of nitriles is 1. The lowest BCUT2D eigenvalue weighted by Gasteiger charge is -2.18. The van der Waals surface area contributed by atoms with E-state index in [2.05, 4.69) is 187 Å². The van der Waals surface area contributed by atoms with Crippen LogP contribution >= 0.6 is 11.8 Å². The Labute approximate surface area is 368 Å². The molecule has 0 atom stereocenters. The van der Waals surface area contributed by atoms with Crippen LogP contribution in [0.15, 0.2) is 211 Å². The standard InChI is InChI=1S/C51H41N3S.2C2H6.C2H4/c1-3-44(19-14-29-52)53-35-43(46-23-13-16-37-15-6-5-11-30-55-51(37)46)31-36(2)38-25-26-41(32-38)39-17-12-18-40(33-39)42-27-28-50-48(34-42)47-22-9-10-24-49(47)54(50)45-20-7-4-8-21-45;3*1-2/h3,5-7,9-13,16-25,27-28,30-34,53H,1-2,4,8,14-15,35H2;2*1-2H3;1-2H2/b6-5-,30-11-,43-31+,44-19+;;;. The summed E-state index contributed by atoms with van der Waals surface area (Å²) in [6, 6.07) is 33.0. The first kappa shape index (κ1) is 45.3. The molecule has 0 spiro atoms. The van der Waals surface area contributed by atoms with Gasteiger partial charge in [-0.15, -0.1) is 18.9 Å². The quantitative estimate of drug-likeness (QED) is 0.0820. The Morgan fingerprint density at radius 2 is 1.64 bits per heavy atom. The van der Waals surface area contributed by atoms with Gasteiger partial charge in [0.1, 0.15) is 0 Å². The fourth-order valence-corrected chi connectivity index (χ4v) is 8.41. The summed E-state index contributed by atoms with van der Waals surface area (Å²) in [6.07, 6.45) is 26.6. The van der Waals surface area contributed by atoms with Crippen LogP contribution in [0.4, 0.5) is 0 Å². The van der Waals surface area contributed by atoms with Gasteiger partial charge >= 0.3 is 0 Å². The minimum absolute atomic E-state index is 0.316. The number of thioether (sulfide) groups is 1. The Morgan fingerprint density at radius 1 is 0.869 bits per heavy atom. The molecule has 3 nitrogen and oxygen atoms in total. The van der Waals surface area contributed by atoms with E-state index in [1.54, 1.807) is 17.8 Å². The molecule has 1 N–H and O–H groups in total. The molecule has 0 fully saturated rings.